The van der Waals surface area contributed by atoms with Crippen molar-refractivity contribution in [2.24, 2.45) is 0 Å². The number of hydrogen-bond acceptors (Lipinski definition) is 3. The van der Waals surface area contributed by atoms with Gasteiger partial charge in [0.05, 0.1) is 11.4 Å². The maximum absolute atomic E-state index is 6.05. The van der Waals surface area contributed by atoms with Crippen molar-refractivity contribution in [1.29, 1.82) is 0 Å². The van der Waals surface area contributed by atoms with Crippen molar-refractivity contribution in [3.8, 4) is 0 Å². The maximum Gasteiger partial charge on any atom is 0.172 e. The Balaban J connectivity index is 2.30. The summed E-state index contributed by atoms with van der Waals surface area (Å²) < 4.78 is 0. The van der Waals surface area contributed by atoms with Crippen molar-refractivity contribution in [3.63, 3.8) is 0 Å². The molecule has 3 nitrogen and oxygen atoms in total. The van der Waals surface area contributed by atoms with Crippen LogP contribution in [0.4, 0.5) is 11.5 Å². The quantitative estimate of drug-likeness (QED) is 0.877. The van der Waals surface area contributed by atoms with Gasteiger partial charge in [-0.15, -0.1) is 0 Å². The molecule has 1 heterocycles. The van der Waals surface area contributed by atoms with E-state index in [1.165, 1.54) is 5.56 Å². The summed E-state index contributed by atoms with van der Waals surface area (Å²) in [5.41, 5.74) is 3.90. The zero-order chi connectivity index (χ0) is 12.4. The van der Waals surface area contributed by atoms with Crippen LogP contribution in [0.2, 0.25) is 5.15 Å². The van der Waals surface area contributed by atoms with Crippen LogP contribution in [0.1, 0.15) is 17.0 Å². The molecule has 0 atom stereocenters. The molecule has 0 aliphatic rings. The Hall–Kier alpha value is -1.61. The number of halogens is 1. The predicted octanol–water partition coefficient (Wildman–Crippen LogP) is 3.80. The van der Waals surface area contributed by atoms with Crippen molar-refractivity contribution in [3.05, 3.63) is 46.4 Å². The molecule has 0 fully saturated rings. The lowest BCUT2D eigenvalue weighted by Crippen LogP contribution is -2.00. The van der Waals surface area contributed by atoms with Crippen molar-refractivity contribution >= 4 is 23.1 Å². The molecule has 1 N–H and O–H groups in total. The second-order valence-electron chi connectivity index (χ2n) is 4.02. The lowest BCUT2D eigenvalue weighted by Gasteiger charge is -2.09. The van der Waals surface area contributed by atoms with Crippen LogP contribution >= 0.6 is 11.6 Å². The van der Waals surface area contributed by atoms with Gasteiger partial charge in [-0.25, -0.2) is 9.97 Å². The SMILES string of the molecule is Cc1ccc(Nc2nc(C)c(C)nc2Cl)cc1. The van der Waals surface area contributed by atoms with Gasteiger partial charge >= 0.3 is 0 Å². The summed E-state index contributed by atoms with van der Waals surface area (Å²) in [6.07, 6.45) is 0. The number of nitrogens with one attached hydrogen (secondary N) is 1. The summed E-state index contributed by atoms with van der Waals surface area (Å²) in [5, 5.41) is 3.56. The summed E-state index contributed by atoms with van der Waals surface area (Å²) in [7, 11) is 0. The van der Waals surface area contributed by atoms with Gasteiger partial charge in [-0.1, -0.05) is 29.3 Å². The third-order valence-corrected chi connectivity index (χ3v) is 2.84. The maximum atomic E-state index is 6.05. The average molecular weight is 248 g/mol. The van der Waals surface area contributed by atoms with Crippen molar-refractivity contribution in [2.45, 2.75) is 20.8 Å². The number of rotatable bonds is 2. The molecule has 17 heavy (non-hydrogen) atoms. The second kappa shape index (κ2) is 4.72. The highest BCUT2D eigenvalue weighted by Gasteiger charge is 2.06. The summed E-state index contributed by atoms with van der Waals surface area (Å²) in [6.45, 7) is 5.86. The summed E-state index contributed by atoms with van der Waals surface area (Å²) in [6, 6.07) is 8.04. The fourth-order valence-electron chi connectivity index (χ4n) is 1.43. The second-order valence-corrected chi connectivity index (χ2v) is 4.38. The van der Waals surface area contributed by atoms with Gasteiger partial charge in [0.15, 0.2) is 11.0 Å². The first-order valence-electron chi connectivity index (χ1n) is 5.40. The topological polar surface area (TPSA) is 37.8 Å². The molecule has 0 unspecified atom stereocenters. The fraction of sp³-hybridized carbons (Fsp3) is 0.231. The number of anilines is 2. The van der Waals surface area contributed by atoms with E-state index in [0.29, 0.717) is 11.0 Å². The minimum Gasteiger partial charge on any atom is -0.338 e. The predicted molar refractivity (Wildman–Crippen MR) is 71.0 cm³/mol. The van der Waals surface area contributed by atoms with Crippen molar-refractivity contribution in [1.82, 2.24) is 9.97 Å². The number of nitrogens with zero attached hydrogens (tertiary/aromatic N) is 2. The van der Waals surface area contributed by atoms with E-state index in [0.717, 1.165) is 17.1 Å². The van der Waals surface area contributed by atoms with Crippen LogP contribution < -0.4 is 5.32 Å². The Bertz CT molecular complexity index is 535. The monoisotopic (exact) mass is 247 g/mol. The van der Waals surface area contributed by atoms with E-state index in [4.69, 9.17) is 11.6 Å². The van der Waals surface area contributed by atoms with Crippen LogP contribution in [0.3, 0.4) is 0 Å². The molecule has 0 saturated carbocycles. The van der Waals surface area contributed by atoms with Gasteiger partial charge in [0.2, 0.25) is 0 Å². The number of aryl methyl sites for hydroxylation is 3. The third kappa shape index (κ3) is 2.74. The van der Waals surface area contributed by atoms with Crippen LogP contribution in [0.15, 0.2) is 24.3 Å². The lowest BCUT2D eigenvalue weighted by molar-refractivity contribution is 1.05. The summed E-state index contributed by atoms with van der Waals surface area (Å²) in [5.74, 6) is 0.596. The normalized spacial score (nSPS) is 10.4. The molecule has 4 heteroatoms. The molecule has 2 aromatic rings. The molecule has 0 aliphatic heterocycles. The Labute approximate surface area is 106 Å². The molecular formula is C13H14ClN3. The first-order chi connectivity index (χ1) is 8.06. The Kier molecular flexibility index (Phi) is 3.29. The lowest BCUT2D eigenvalue weighted by atomic mass is 10.2. The number of benzene rings is 1. The van der Waals surface area contributed by atoms with Gasteiger partial charge in [-0.3, -0.25) is 0 Å². The average Bonchev–Trinajstić information content (AvgIpc) is 2.29. The molecule has 88 valence electrons. The molecular weight excluding hydrogens is 234 g/mol. The fourth-order valence-corrected chi connectivity index (χ4v) is 1.65. The standard InChI is InChI=1S/C13H14ClN3/c1-8-4-6-11(7-5-8)17-13-12(14)15-9(2)10(3)16-13/h4-7H,1-3H3,(H,16,17). The van der Waals surface area contributed by atoms with Crippen LogP contribution in [-0.4, -0.2) is 9.97 Å². The van der Waals surface area contributed by atoms with Crippen molar-refractivity contribution in [2.75, 3.05) is 5.32 Å². The largest absolute Gasteiger partial charge is 0.338 e. The van der Waals surface area contributed by atoms with Crippen LogP contribution in [-0.2, 0) is 0 Å². The molecule has 0 radical (unpaired) electrons. The van der Waals surface area contributed by atoms with Gasteiger partial charge in [0.25, 0.3) is 0 Å². The first kappa shape index (κ1) is 11.9. The van der Waals surface area contributed by atoms with E-state index in [9.17, 15) is 0 Å². The van der Waals surface area contributed by atoms with Crippen LogP contribution in [0, 0.1) is 20.8 Å². The first-order valence-corrected chi connectivity index (χ1v) is 5.78. The van der Waals surface area contributed by atoms with Gasteiger partial charge in [-0.2, -0.15) is 0 Å². The zero-order valence-corrected chi connectivity index (χ0v) is 10.8. The van der Waals surface area contributed by atoms with Crippen molar-refractivity contribution < 1.29 is 0 Å². The van der Waals surface area contributed by atoms with E-state index in [1.807, 2.05) is 45.0 Å². The van der Waals surface area contributed by atoms with E-state index < -0.39 is 0 Å². The Morgan fingerprint density at radius 2 is 1.53 bits per heavy atom. The highest BCUT2D eigenvalue weighted by atomic mass is 35.5. The van der Waals surface area contributed by atoms with E-state index in [2.05, 4.69) is 15.3 Å². The summed E-state index contributed by atoms with van der Waals surface area (Å²) >= 11 is 6.05. The Morgan fingerprint density at radius 3 is 2.18 bits per heavy atom. The van der Waals surface area contributed by atoms with Gasteiger partial charge < -0.3 is 5.32 Å². The summed E-state index contributed by atoms with van der Waals surface area (Å²) in [4.78, 5) is 8.61. The van der Waals surface area contributed by atoms with Gasteiger partial charge in [0, 0.05) is 5.69 Å². The third-order valence-electron chi connectivity index (χ3n) is 2.58. The smallest absolute Gasteiger partial charge is 0.172 e. The molecule has 0 amide bonds. The molecule has 0 saturated heterocycles. The molecule has 2 rings (SSSR count). The van der Waals surface area contributed by atoms with E-state index in [1.54, 1.807) is 0 Å². The van der Waals surface area contributed by atoms with E-state index in [-0.39, 0.29) is 0 Å². The highest BCUT2D eigenvalue weighted by Crippen LogP contribution is 2.22. The number of hydrogen-bond donors (Lipinski definition) is 1. The highest BCUT2D eigenvalue weighted by molar-refractivity contribution is 6.31. The molecule has 0 spiro atoms. The molecule has 0 bridgehead atoms. The molecule has 0 aliphatic carbocycles. The van der Waals surface area contributed by atoms with Gasteiger partial charge in [-0.05, 0) is 32.9 Å². The molecule has 1 aromatic carbocycles. The minimum atomic E-state index is 0.397. The van der Waals surface area contributed by atoms with Crippen LogP contribution in [0.5, 0.6) is 0 Å². The zero-order valence-electron chi connectivity index (χ0n) is 10.1. The number of aromatic nitrogens is 2. The van der Waals surface area contributed by atoms with Gasteiger partial charge in [0.1, 0.15) is 0 Å². The minimum absolute atomic E-state index is 0.397. The molecule has 1 aromatic heterocycles. The van der Waals surface area contributed by atoms with Crippen LogP contribution in [0.25, 0.3) is 0 Å². The Morgan fingerprint density at radius 1 is 0.941 bits per heavy atom. The van der Waals surface area contributed by atoms with E-state index >= 15 is 0 Å².